The molecule has 1 atom stereocenters. The number of nitrogens with two attached hydrogens (primary N) is 1. The quantitative estimate of drug-likeness (QED) is 0.602. The molecule has 3 N–H and O–H groups in total. The third kappa shape index (κ3) is 6.33. The first kappa shape index (κ1) is 17.4. The molecule has 0 radical (unpaired) electrons. The average molecular weight is 259 g/mol. The van der Waals surface area contributed by atoms with Crippen molar-refractivity contribution in [2.75, 3.05) is 33.4 Å². The summed E-state index contributed by atoms with van der Waals surface area (Å²) in [4.78, 5) is 14.2. The molecule has 5 heteroatoms. The van der Waals surface area contributed by atoms with Gasteiger partial charge >= 0.3 is 0 Å². The minimum absolute atomic E-state index is 0.0771. The van der Waals surface area contributed by atoms with E-state index in [4.69, 9.17) is 10.5 Å². The van der Waals surface area contributed by atoms with Crippen molar-refractivity contribution in [3.63, 3.8) is 0 Å². The smallest absolute Gasteiger partial charge is 0.237 e. The van der Waals surface area contributed by atoms with E-state index >= 15 is 0 Å². The summed E-state index contributed by atoms with van der Waals surface area (Å²) in [5.74, 6) is 0.0771. The molecular weight excluding hydrogens is 230 g/mol. The average Bonchev–Trinajstić information content (AvgIpc) is 2.39. The minimum atomic E-state index is -0.163. The molecule has 0 fully saturated rings. The van der Waals surface area contributed by atoms with E-state index in [2.05, 4.69) is 24.1 Å². The number of nitrogens with one attached hydrogen (secondary N) is 1. The predicted octanol–water partition coefficient (Wildman–Crippen LogP) is 0.587. The maximum atomic E-state index is 12.1. The Balaban J connectivity index is 4.35. The van der Waals surface area contributed by atoms with Crippen molar-refractivity contribution < 1.29 is 9.53 Å². The summed E-state index contributed by atoms with van der Waals surface area (Å²) in [5, 5.41) is 3.07. The second kappa shape index (κ2) is 10.3. The van der Waals surface area contributed by atoms with Crippen LogP contribution in [-0.4, -0.2) is 56.2 Å². The number of carbonyl (C=O) groups is 1. The van der Waals surface area contributed by atoms with Crippen molar-refractivity contribution in [3.8, 4) is 0 Å². The van der Waals surface area contributed by atoms with Crippen molar-refractivity contribution in [1.29, 1.82) is 0 Å². The van der Waals surface area contributed by atoms with Crippen LogP contribution in [0.5, 0.6) is 0 Å². The van der Waals surface area contributed by atoms with Gasteiger partial charge in [-0.25, -0.2) is 0 Å². The Morgan fingerprint density at radius 2 is 1.94 bits per heavy atom. The molecule has 0 spiro atoms. The second-order valence-electron chi connectivity index (χ2n) is 4.52. The molecule has 108 valence electrons. The highest BCUT2D eigenvalue weighted by molar-refractivity contribution is 5.81. The van der Waals surface area contributed by atoms with Crippen molar-refractivity contribution in [2.24, 2.45) is 5.73 Å². The van der Waals surface area contributed by atoms with Gasteiger partial charge in [0, 0.05) is 32.8 Å². The molecule has 1 unspecified atom stereocenters. The fourth-order valence-electron chi connectivity index (χ4n) is 1.85. The van der Waals surface area contributed by atoms with Gasteiger partial charge in [-0.15, -0.1) is 0 Å². The number of ether oxygens (including phenoxy) is 1. The van der Waals surface area contributed by atoms with E-state index in [1.54, 1.807) is 7.11 Å². The van der Waals surface area contributed by atoms with Gasteiger partial charge in [0.2, 0.25) is 5.91 Å². The number of nitrogens with zero attached hydrogens (tertiary/aromatic N) is 1. The lowest BCUT2D eigenvalue weighted by Gasteiger charge is -2.28. The van der Waals surface area contributed by atoms with E-state index in [0.29, 0.717) is 19.7 Å². The van der Waals surface area contributed by atoms with Crippen LogP contribution in [0, 0.1) is 0 Å². The number of amides is 1. The van der Waals surface area contributed by atoms with Gasteiger partial charge in [-0.2, -0.15) is 0 Å². The van der Waals surface area contributed by atoms with E-state index in [9.17, 15) is 4.79 Å². The molecular formula is C13H29N3O2. The van der Waals surface area contributed by atoms with Gasteiger partial charge in [0.1, 0.15) is 0 Å². The first-order valence-corrected chi connectivity index (χ1v) is 6.84. The van der Waals surface area contributed by atoms with Gasteiger partial charge in [-0.1, -0.05) is 13.8 Å². The number of hydrogen-bond acceptors (Lipinski definition) is 4. The summed E-state index contributed by atoms with van der Waals surface area (Å²) in [6.07, 6.45) is 1.92. The molecule has 0 aliphatic carbocycles. The molecule has 0 rings (SSSR count). The molecule has 0 saturated heterocycles. The van der Waals surface area contributed by atoms with Gasteiger partial charge < -0.3 is 15.8 Å². The van der Waals surface area contributed by atoms with Crippen molar-refractivity contribution in [3.05, 3.63) is 0 Å². The molecule has 18 heavy (non-hydrogen) atoms. The second-order valence-corrected chi connectivity index (χ2v) is 4.52. The molecule has 0 aliphatic rings. The summed E-state index contributed by atoms with van der Waals surface area (Å²) in [5.41, 5.74) is 5.58. The Morgan fingerprint density at radius 1 is 1.33 bits per heavy atom. The Kier molecular flexibility index (Phi) is 9.92. The minimum Gasteiger partial charge on any atom is -0.383 e. The van der Waals surface area contributed by atoms with Gasteiger partial charge in [0.15, 0.2) is 0 Å². The van der Waals surface area contributed by atoms with Crippen LogP contribution in [0.3, 0.4) is 0 Å². The lowest BCUT2D eigenvalue weighted by molar-refractivity contribution is -0.126. The molecule has 0 aromatic rings. The monoisotopic (exact) mass is 259 g/mol. The topological polar surface area (TPSA) is 67.6 Å². The van der Waals surface area contributed by atoms with Gasteiger partial charge in [0.25, 0.3) is 0 Å². The third-order valence-electron chi connectivity index (χ3n) is 3.26. The fraction of sp³-hybridized carbons (Fsp3) is 0.923. The van der Waals surface area contributed by atoms with Crippen molar-refractivity contribution in [2.45, 2.75) is 45.7 Å². The number of methoxy groups -OCH3 is 1. The predicted molar refractivity (Wildman–Crippen MR) is 74.5 cm³/mol. The van der Waals surface area contributed by atoms with Crippen LogP contribution in [0.2, 0.25) is 0 Å². The zero-order valence-corrected chi connectivity index (χ0v) is 12.2. The Morgan fingerprint density at radius 3 is 2.39 bits per heavy atom. The van der Waals surface area contributed by atoms with Crippen LogP contribution in [0.1, 0.15) is 33.6 Å². The van der Waals surface area contributed by atoms with Crippen LogP contribution in [-0.2, 0) is 9.53 Å². The maximum absolute atomic E-state index is 12.1. The summed E-state index contributed by atoms with van der Waals surface area (Å²) >= 11 is 0. The molecule has 0 saturated carbocycles. The molecule has 0 aromatic heterocycles. The molecule has 1 amide bonds. The van der Waals surface area contributed by atoms with Crippen LogP contribution >= 0.6 is 0 Å². The Labute approximate surface area is 111 Å². The van der Waals surface area contributed by atoms with Gasteiger partial charge in [-0.3, -0.25) is 9.69 Å². The van der Waals surface area contributed by atoms with E-state index in [1.807, 2.05) is 6.92 Å². The molecule has 0 bridgehead atoms. The molecule has 0 aromatic carbocycles. The van der Waals surface area contributed by atoms with E-state index in [-0.39, 0.29) is 18.0 Å². The first-order chi connectivity index (χ1) is 8.60. The van der Waals surface area contributed by atoms with E-state index in [0.717, 1.165) is 19.4 Å². The number of carbonyl (C=O) groups excluding carboxylic acids is 1. The number of hydrogen-bond donors (Lipinski definition) is 2. The normalized spacial score (nSPS) is 13.1. The van der Waals surface area contributed by atoms with Crippen molar-refractivity contribution >= 4 is 5.91 Å². The standard InChI is InChI=1S/C13H29N3O2/c1-5-12(6-2)15-13(17)11(3)16(8-7-14)9-10-18-4/h11-12H,5-10,14H2,1-4H3,(H,15,17). The van der Waals surface area contributed by atoms with Crippen LogP contribution < -0.4 is 11.1 Å². The highest BCUT2D eigenvalue weighted by Gasteiger charge is 2.21. The lowest BCUT2D eigenvalue weighted by Crippen LogP contribution is -2.50. The maximum Gasteiger partial charge on any atom is 0.237 e. The third-order valence-corrected chi connectivity index (χ3v) is 3.26. The highest BCUT2D eigenvalue weighted by atomic mass is 16.5. The molecule has 0 heterocycles. The summed E-state index contributed by atoms with van der Waals surface area (Å²) in [6.45, 7) is 8.69. The largest absolute Gasteiger partial charge is 0.383 e. The van der Waals surface area contributed by atoms with Crippen LogP contribution in [0.15, 0.2) is 0 Å². The highest BCUT2D eigenvalue weighted by Crippen LogP contribution is 2.02. The zero-order valence-electron chi connectivity index (χ0n) is 12.2. The summed E-state index contributed by atoms with van der Waals surface area (Å²) in [6, 6.07) is 0.103. The Hall–Kier alpha value is -0.650. The van der Waals surface area contributed by atoms with Gasteiger partial charge in [-0.05, 0) is 19.8 Å². The first-order valence-electron chi connectivity index (χ1n) is 6.84. The summed E-state index contributed by atoms with van der Waals surface area (Å²) in [7, 11) is 1.66. The zero-order chi connectivity index (χ0) is 14.0. The van der Waals surface area contributed by atoms with Crippen LogP contribution in [0.4, 0.5) is 0 Å². The Bertz CT molecular complexity index is 220. The molecule has 0 aliphatic heterocycles. The van der Waals surface area contributed by atoms with Crippen molar-refractivity contribution in [1.82, 2.24) is 10.2 Å². The number of rotatable bonds is 10. The van der Waals surface area contributed by atoms with E-state index < -0.39 is 0 Å². The fourth-order valence-corrected chi connectivity index (χ4v) is 1.85. The molecule has 5 nitrogen and oxygen atoms in total. The van der Waals surface area contributed by atoms with Crippen LogP contribution in [0.25, 0.3) is 0 Å². The van der Waals surface area contributed by atoms with E-state index in [1.165, 1.54) is 0 Å². The lowest BCUT2D eigenvalue weighted by atomic mass is 10.1. The SMILES string of the molecule is CCC(CC)NC(=O)C(C)N(CCN)CCOC. The summed E-state index contributed by atoms with van der Waals surface area (Å²) < 4.78 is 5.06. The van der Waals surface area contributed by atoms with Gasteiger partial charge in [0.05, 0.1) is 12.6 Å².